The lowest BCUT2D eigenvalue weighted by Gasteiger charge is -2.32. The molecule has 2 N–H and O–H groups in total. The smallest absolute Gasteiger partial charge is 0.127 e. The molecule has 0 aromatic heterocycles. The van der Waals surface area contributed by atoms with Gasteiger partial charge in [0.1, 0.15) is 5.82 Å². The summed E-state index contributed by atoms with van der Waals surface area (Å²) in [5, 5.41) is 0.502. The van der Waals surface area contributed by atoms with Gasteiger partial charge in [0.05, 0.1) is 0 Å². The number of hydrogen-bond donors (Lipinski definition) is 1. The second kappa shape index (κ2) is 8.14. The average Bonchev–Trinajstić information content (AvgIpc) is 2.49. The van der Waals surface area contributed by atoms with Gasteiger partial charge in [-0.05, 0) is 43.2 Å². The van der Waals surface area contributed by atoms with Crippen molar-refractivity contribution in [3.05, 3.63) is 34.6 Å². The molecule has 1 fully saturated rings. The fourth-order valence-corrected chi connectivity index (χ4v) is 3.77. The maximum atomic E-state index is 13.8. The Hall–Kier alpha value is -0.600. The van der Waals surface area contributed by atoms with Crippen LogP contribution < -0.4 is 5.73 Å². The molecule has 0 saturated heterocycles. The summed E-state index contributed by atoms with van der Waals surface area (Å²) >= 11 is 6.10. The Morgan fingerprint density at radius 3 is 2.62 bits per heavy atom. The van der Waals surface area contributed by atoms with Crippen molar-refractivity contribution in [2.45, 2.75) is 64.3 Å². The SMILES string of the molecule is CCCCC1CCC(C(N)Cc2c(F)cccc2Cl)CC1. The lowest BCUT2D eigenvalue weighted by Crippen LogP contribution is -2.35. The van der Waals surface area contributed by atoms with E-state index in [1.54, 1.807) is 12.1 Å². The highest BCUT2D eigenvalue weighted by Crippen LogP contribution is 2.34. The van der Waals surface area contributed by atoms with Crippen LogP contribution in [0.15, 0.2) is 18.2 Å². The van der Waals surface area contributed by atoms with Crippen molar-refractivity contribution < 1.29 is 4.39 Å². The van der Waals surface area contributed by atoms with Gasteiger partial charge in [-0.1, -0.05) is 56.7 Å². The molecule has 0 radical (unpaired) electrons. The van der Waals surface area contributed by atoms with E-state index in [1.807, 2.05) is 0 Å². The molecule has 1 atom stereocenters. The molecule has 3 heteroatoms. The number of halogens is 2. The van der Waals surface area contributed by atoms with E-state index in [2.05, 4.69) is 6.92 Å². The summed E-state index contributed by atoms with van der Waals surface area (Å²) in [6.07, 6.45) is 9.46. The number of benzene rings is 1. The van der Waals surface area contributed by atoms with Gasteiger partial charge >= 0.3 is 0 Å². The van der Waals surface area contributed by atoms with Gasteiger partial charge in [0.2, 0.25) is 0 Å². The predicted octanol–water partition coefficient (Wildman–Crippen LogP) is 5.35. The minimum absolute atomic E-state index is 0.0199. The number of hydrogen-bond acceptors (Lipinski definition) is 1. The van der Waals surface area contributed by atoms with Gasteiger partial charge in [-0.2, -0.15) is 0 Å². The first kappa shape index (κ1) is 16.8. The summed E-state index contributed by atoms with van der Waals surface area (Å²) in [7, 11) is 0. The first-order valence-corrected chi connectivity index (χ1v) is 8.68. The van der Waals surface area contributed by atoms with Crippen LogP contribution in [0.1, 0.15) is 57.4 Å². The maximum Gasteiger partial charge on any atom is 0.127 e. The van der Waals surface area contributed by atoms with Gasteiger partial charge in [-0.25, -0.2) is 4.39 Å². The van der Waals surface area contributed by atoms with Gasteiger partial charge in [0.15, 0.2) is 0 Å². The Bertz CT molecular complexity index is 421. The fraction of sp³-hybridized carbons (Fsp3) is 0.667. The number of unbranched alkanes of at least 4 members (excludes halogenated alkanes) is 1. The van der Waals surface area contributed by atoms with Crippen LogP contribution in [-0.2, 0) is 6.42 Å². The minimum Gasteiger partial charge on any atom is -0.327 e. The third-order valence-electron chi connectivity index (χ3n) is 4.96. The van der Waals surface area contributed by atoms with Crippen molar-refractivity contribution >= 4 is 11.6 Å². The standard InChI is InChI=1S/C18H27ClFN/c1-2-3-5-13-8-10-14(11-9-13)18(21)12-15-16(19)6-4-7-17(15)20/h4,6-7,13-14,18H,2-3,5,8-12,21H2,1H3. The van der Waals surface area contributed by atoms with E-state index in [-0.39, 0.29) is 11.9 Å². The molecule has 1 aliphatic rings. The van der Waals surface area contributed by atoms with Crippen LogP contribution in [0, 0.1) is 17.7 Å². The molecule has 1 saturated carbocycles. The normalized spacial score (nSPS) is 24.0. The summed E-state index contributed by atoms with van der Waals surface area (Å²) < 4.78 is 13.8. The van der Waals surface area contributed by atoms with E-state index < -0.39 is 0 Å². The predicted molar refractivity (Wildman–Crippen MR) is 88.1 cm³/mol. The first-order chi connectivity index (χ1) is 10.1. The zero-order chi connectivity index (χ0) is 15.2. The van der Waals surface area contributed by atoms with E-state index in [0.29, 0.717) is 22.9 Å². The van der Waals surface area contributed by atoms with Crippen molar-refractivity contribution in [2.24, 2.45) is 17.6 Å². The van der Waals surface area contributed by atoms with Gasteiger partial charge in [0.25, 0.3) is 0 Å². The largest absolute Gasteiger partial charge is 0.327 e. The van der Waals surface area contributed by atoms with Gasteiger partial charge < -0.3 is 5.73 Å². The topological polar surface area (TPSA) is 26.0 Å². The summed E-state index contributed by atoms with van der Waals surface area (Å²) in [5.41, 5.74) is 6.92. The summed E-state index contributed by atoms with van der Waals surface area (Å²) in [5.74, 6) is 1.17. The molecule has 0 heterocycles. The lowest BCUT2D eigenvalue weighted by molar-refractivity contribution is 0.230. The van der Waals surface area contributed by atoms with E-state index in [9.17, 15) is 4.39 Å². The van der Waals surface area contributed by atoms with Crippen LogP contribution in [-0.4, -0.2) is 6.04 Å². The summed E-state index contributed by atoms with van der Waals surface area (Å²) in [6.45, 7) is 2.25. The van der Waals surface area contributed by atoms with E-state index in [1.165, 1.54) is 51.0 Å². The molecule has 0 aliphatic heterocycles. The Labute approximate surface area is 133 Å². The van der Waals surface area contributed by atoms with Crippen molar-refractivity contribution in [1.82, 2.24) is 0 Å². The van der Waals surface area contributed by atoms with Gasteiger partial charge in [0, 0.05) is 16.6 Å². The highest BCUT2D eigenvalue weighted by atomic mass is 35.5. The van der Waals surface area contributed by atoms with Crippen LogP contribution in [0.2, 0.25) is 5.02 Å². The van der Waals surface area contributed by atoms with Crippen LogP contribution in [0.3, 0.4) is 0 Å². The highest BCUT2D eigenvalue weighted by Gasteiger charge is 2.26. The Kier molecular flexibility index (Phi) is 6.50. The van der Waals surface area contributed by atoms with Crippen molar-refractivity contribution in [2.75, 3.05) is 0 Å². The molecule has 0 amide bonds. The summed E-state index contributed by atoms with van der Waals surface area (Å²) in [6, 6.07) is 4.88. The summed E-state index contributed by atoms with van der Waals surface area (Å²) in [4.78, 5) is 0. The molecular formula is C18H27ClFN. The molecule has 2 rings (SSSR count). The molecule has 1 nitrogen and oxygen atoms in total. The van der Waals surface area contributed by atoms with Crippen LogP contribution >= 0.6 is 11.6 Å². The van der Waals surface area contributed by atoms with Crippen molar-refractivity contribution in [3.63, 3.8) is 0 Å². The zero-order valence-electron chi connectivity index (χ0n) is 13.0. The quantitative estimate of drug-likeness (QED) is 0.753. The van der Waals surface area contributed by atoms with E-state index >= 15 is 0 Å². The maximum absolute atomic E-state index is 13.8. The van der Waals surface area contributed by atoms with Crippen molar-refractivity contribution in [1.29, 1.82) is 0 Å². The van der Waals surface area contributed by atoms with Crippen LogP contribution in [0.5, 0.6) is 0 Å². The second-order valence-electron chi connectivity index (χ2n) is 6.49. The van der Waals surface area contributed by atoms with Crippen LogP contribution in [0.25, 0.3) is 0 Å². The lowest BCUT2D eigenvalue weighted by atomic mass is 9.76. The zero-order valence-corrected chi connectivity index (χ0v) is 13.7. The molecule has 0 spiro atoms. The molecule has 118 valence electrons. The van der Waals surface area contributed by atoms with Gasteiger partial charge in [-0.15, -0.1) is 0 Å². The Balaban J connectivity index is 1.86. The Morgan fingerprint density at radius 1 is 1.29 bits per heavy atom. The van der Waals surface area contributed by atoms with E-state index in [4.69, 9.17) is 17.3 Å². The van der Waals surface area contributed by atoms with Crippen LogP contribution in [0.4, 0.5) is 4.39 Å². The fourth-order valence-electron chi connectivity index (χ4n) is 3.53. The van der Waals surface area contributed by atoms with E-state index in [0.717, 1.165) is 5.92 Å². The molecule has 21 heavy (non-hydrogen) atoms. The number of nitrogens with two attached hydrogens (primary N) is 1. The third kappa shape index (κ3) is 4.69. The molecule has 1 aromatic carbocycles. The molecule has 1 aliphatic carbocycles. The average molecular weight is 312 g/mol. The monoisotopic (exact) mass is 311 g/mol. The number of rotatable bonds is 6. The van der Waals surface area contributed by atoms with Crippen molar-refractivity contribution in [3.8, 4) is 0 Å². The Morgan fingerprint density at radius 2 is 2.00 bits per heavy atom. The third-order valence-corrected chi connectivity index (χ3v) is 5.32. The van der Waals surface area contributed by atoms with Gasteiger partial charge in [-0.3, -0.25) is 0 Å². The minimum atomic E-state index is -0.227. The molecule has 0 bridgehead atoms. The molecular weight excluding hydrogens is 285 g/mol. The highest BCUT2D eigenvalue weighted by molar-refractivity contribution is 6.31. The molecule has 1 unspecified atom stereocenters. The molecule has 1 aromatic rings. The first-order valence-electron chi connectivity index (χ1n) is 8.30. The second-order valence-corrected chi connectivity index (χ2v) is 6.90.